The van der Waals surface area contributed by atoms with Gasteiger partial charge in [0.05, 0.1) is 6.10 Å². The first kappa shape index (κ1) is 14.5. The molecule has 0 saturated heterocycles. The van der Waals surface area contributed by atoms with Crippen LogP contribution >= 0.6 is 0 Å². The lowest BCUT2D eigenvalue weighted by molar-refractivity contribution is 0.198. The first-order valence-corrected chi connectivity index (χ1v) is 6.52. The van der Waals surface area contributed by atoms with Gasteiger partial charge in [-0.2, -0.15) is 4.98 Å². The second-order valence-electron chi connectivity index (χ2n) is 4.51. The highest BCUT2D eigenvalue weighted by molar-refractivity contribution is 5.30. The maximum absolute atomic E-state index is 13.7. The molecule has 0 spiro atoms. The van der Waals surface area contributed by atoms with E-state index >= 15 is 0 Å². The van der Waals surface area contributed by atoms with Gasteiger partial charge in [0.2, 0.25) is 0 Å². The van der Waals surface area contributed by atoms with E-state index in [9.17, 15) is 9.50 Å². The number of aromatic nitrogens is 2. The van der Waals surface area contributed by atoms with Crippen molar-refractivity contribution in [3.05, 3.63) is 41.3 Å². The molecule has 0 fully saturated rings. The van der Waals surface area contributed by atoms with Crippen LogP contribution < -0.4 is 4.74 Å². The standard InChI is InChI=1S/C14H17FN2O3/c1-3-4-13-16-14(20-17-13)8-19-12-6-5-10(9(2)18)7-11(12)15/h5-7,9,18H,3-4,8H2,1-2H3. The van der Waals surface area contributed by atoms with Crippen LogP contribution in [0.1, 0.15) is 43.7 Å². The van der Waals surface area contributed by atoms with Crippen LogP contribution in [0.4, 0.5) is 4.39 Å². The zero-order valence-electron chi connectivity index (χ0n) is 11.5. The molecule has 0 bridgehead atoms. The van der Waals surface area contributed by atoms with Gasteiger partial charge in [-0.25, -0.2) is 4.39 Å². The van der Waals surface area contributed by atoms with Gasteiger partial charge in [-0.3, -0.25) is 0 Å². The Balaban J connectivity index is 1.99. The van der Waals surface area contributed by atoms with Gasteiger partial charge in [-0.05, 0) is 31.0 Å². The molecule has 1 aromatic heterocycles. The smallest absolute Gasteiger partial charge is 0.264 e. The number of rotatable bonds is 6. The molecule has 0 aliphatic heterocycles. The van der Waals surface area contributed by atoms with Crippen molar-refractivity contribution in [2.45, 2.75) is 39.4 Å². The lowest BCUT2D eigenvalue weighted by Gasteiger charge is -2.08. The fourth-order valence-corrected chi connectivity index (χ4v) is 1.71. The number of nitrogens with zero attached hydrogens (tertiary/aromatic N) is 2. The fourth-order valence-electron chi connectivity index (χ4n) is 1.71. The van der Waals surface area contributed by atoms with Crippen LogP contribution in [-0.2, 0) is 13.0 Å². The van der Waals surface area contributed by atoms with Crippen molar-refractivity contribution in [2.24, 2.45) is 0 Å². The largest absolute Gasteiger partial charge is 0.481 e. The Morgan fingerprint density at radius 2 is 2.25 bits per heavy atom. The van der Waals surface area contributed by atoms with Gasteiger partial charge in [0, 0.05) is 6.42 Å². The molecule has 5 nitrogen and oxygen atoms in total. The minimum atomic E-state index is -0.717. The maximum Gasteiger partial charge on any atom is 0.264 e. The molecule has 1 N–H and O–H groups in total. The van der Waals surface area contributed by atoms with Crippen molar-refractivity contribution in [2.75, 3.05) is 0 Å². The number of aliphatic hydroxyl groups excluding tert-OH is 1. The summed E-state index contributed by atoms with van der Waals surface area (Å²) in [6.45, 7) is 3.61. The zero-order valence-corrected chi connectivity index (χ0v) is 11.5. The van der Waals surface area contributed by atoms with Crippen LogP contribution in [0.15, 0.2) is 22.7 Å². The first-order valence-electron chi connectivity index (χ1n) is 6.52. The van der Waals surface area contributed by atoms with Crippen LogP contribution in [0.3, 0.4) is 0 Å². The van der Waals surface area contributed by atoms with E-state index in [1.807, 2.05) is 6.92 Å². The van der Waals surface area contributed by atoms with Gasteiger partial charge in [0.15, 0.2) is 24.0 Å². The zero-order chi connectivity index (χ0) is 14.5. The van der Waals surface area contributed by atoms with E-state index in [0.29, 0.717) is 17.3 Å². The molecule has 2 aromatic rings. The van der Waals surface area contributed by atoms with E-state index < -0.39 is 11.9 Å². The molecule has 1 aromatic carbocycles. The minimum absolute atomic E-state index is 0.0155. The molecule has 0 radical (unpaired) electrons. The number of hydrogen-bond donors (Lipinski definition) is 1. The summed E-state index contributed by atoms with van der Waals surface area (Å²) in [5, 5.41) is 13.1. The number of aliphatic hydroxyl groups is 1. The van der Waals surface area contributed by atoms with Crippen LogP contribution in [0, 0.1) is 5.82 Å². The highest BCUT2D eigenvalue weighted by atomic mass is 19.1. The molecule has 2 rings (SSSR count). The summed E-state index contributed by atoms with van der Waals surface area (Å²) in [7, 11) is 0. The van der Waals surface area contributed by atoms with Gasteiger partial charge in [0.1, 0.15) is 0 Å². The molecule has 1 heterocycles. The summed E-state index contributed by atoms with van der Waals surface area (Å²) in [6.07, 6.45) is 0.946. The van der Waals surface area contributed by atoms with Crippen molar-refractivity contribution in [3.63, 3.8) is 0 Å². The number of aryl methyl sites for hydroxylation is 1. The van der Waals surface area contributed by atoms with Gasteiger partial charge < -0.3 is 14.4 Å². The minimum Gasteiger partial charge on any atom is -0.481 e. The fraction of sp³-hybridized carbons (Fsp3) is 0.429. The van der Waals surface area contributed by atoms with Crippen molar-refractivity contribution in [3.8, 4) is 5.75 Å². The molecule has 20 heavy (non-hydrogen) atoms. The molecule has 0 saturated carbocycles. The average Bonchev–Trinajstić information content (AvgIpc) is 2.85. The topological polar surface area (TPSA) is 68.4 Å². The molecule has 0 amide bonds. The molecule has 0 aliphatic carbocycles. The summed E-state index contributed by atoms with van der Waals surface area (Å²) >= 11 is 0. The number of ether oxygens (including phenoxy) is 1. The third kappa shape index (κ3) is 3.54. The Morgan fingerprint density at radius 1 is 1.45 bits per heavy atom. The van der Waals surface area contributed by atoms with E-state index in [2.05, 4.69) is 10.1 Å². The number of hydrogen-bond acceptors (Lipinski definition) is 5. The molecule has 0 aliphatic rings. The van der Waals surface area contributed by atoms with Gasteiger partial charge in [-0.15, -0.1) is 0 Å². The Hall–Kier alpha value is -1.95. The Morgan fingerprint density at radius 3 is 2.90 bits per heavy atom. The summed E-state index contributed by atoms with van der Waals surface area (Å²) in [4.78, 5) is 4.13. The van der Waals surface area contributed by atoms with Gasteiger partial charge >= 0.3 is 0 Å². The number of benzene rings is 1. The Kier molecular flexibility index (Phi) is 4.68. The van der Waals surface area contributed by atoms with Crippen LogP contribution in [-0.4, -0.2) is 15.2 Å². The predicted molar refractivity (Wildman–Crippen MR) is 69.7 cm³/mol. The normalized spacial score (nSPS) is 12.4. The summed E-state index contributed by atoms with van der Waals surface area (Å²) in [5.74, 6) is 0.491. The molecular weight excluding hydrogens is 263 g/mol. The molecule has 1 atom stereocenters. The molecule has 6 heteroatoms. The first-order chi connectivity index (χ1) is 9.60. The van der Waals surface area contributed by atoms with Crippen molar-refractivity contribution < 1.29 is 18.8 Å². The third-order valence-corrected chi connectivity index (χ3v) is 2.77. The summed E-state index contributed by atoms with van der Waals surface area (Å²) in [6, 6.07) is 4.33. The number of halogens is 1. The second kappa shape index (κ2) is 6.47. The van der Waals surface area contributed by atoms with Crippen molar-refractivity contribution in [1.82, 2.24) is 10.1 Å². The van der Waals surface area contributed by atoms with E-state index in [1.165, 1.54) is 12.1 Å². The highest BCUT2D eigenvalue weighted by Crippen LogP contribution is 2.22. The maximum atomic E-state index is 13.7. The average molecular weight is 280 g/mol. The monoisotopic (exact) mass is 280 g/mol. The molecule has 108 valence electrons. The van der Waals surface area contributed by atoms with E-state index in [-0.39, 0.29) is 12.4 Å². The molecule has 1 unspecified atom stereocenters. The lowest BCUT2D eigenvalue weighted by atomic mass is 10.1. The van der Waals surface area contributed by atoms with E-state index in [4.69, 9.17) is 9.26 Å². The van der Waals surface area contributed by atoms with Crippen molar-refractivity contribution >= 4 is 0 Å². The Bertz CT molecular complexity index is 569. The lowest BCUT2D eigenvalue weighted by Crippen LogP contribution is -2.00. The molecular formula is C14H17FN2O3. The van der Waals surface area contributed by atoms with E-state index in [1.54, 1.807) is 13.0 Å². The second-order valence-corrected chi connectivity index (χ2v) is 4.51. The van der Waals surface area contributed by atoms with Crippen molar-refractivity contribution in [1.29, 1.82) is 0 Å². The van der Waals surface area contributed by atoms with Crippen LogP contribution in [0.25, 0.3) is 0 Å². The quantitative estimate of drug-likeness (QED) is 0.881. The van der Waals surface area contributed by atoms with Crippen LogP contribution in [0.5, 0.6) is 5.75 Å². The summed E-state index contributed by atoms with van der Waals surface area (Å²) in [5.41, 5.74) is 0.498. The third-order valence-electron chi connectivity index (χ3n) is 2.77. The Labute approximate surface area is 116 Å². The SMILES string of the molecule is CCCc1noc(COc2ccc(C(C)O)cc2F)n1. The highest BCUT2D eigenvalue weighted by Gasteiger charge is 2.10. The van der Waals surface area contributed by atoms with Gasteiger partial charge in [0.25, 0.3) is 5.89 Å². The predicted octanol–water partition coefficient (Wildman–Crippen LogP) is 2.79. The summed E-state index contributed by atoms with van der Waals surface area (Å²) < 4.78 is 24.0. The van der Waals surface area contributed by atoms with Gasteiger partial charge in [-0.1, -0.05) is 18.1 Å². The van der Waals surface area contributed by atoms with E-state index in [0.717, 1.165) is 12.8 Å². The van der Waals surface area contributed by atoms with Crippen LogP contribution in [0.2, 0.25) is 0 Å².